The summed E-state index contributed by atoms with van der Waals surface area (Å²) in [6.45, 7) is 2.96. The van der Waals surface area contributed by atoms with Crippen LogP contribution in [0.3, 0.4) is 0 Å². The van der Waals surface area contributed by atoms with E-state index < -0.39 is 0 Å². The molecule has 3 heteroatoms. The van der Waals surface area contributed by atoms with Gasteiger partial charge in [-0.2, -0.15) is 0 Å². The van der Waals surface area contributed by atoms with Crippen LogP contribution in [0.1, 0.15) is 55.2 Å². The maximum atomic E-state index is 4.66. The second-order valence-electron chi connectivity index (χ2n) is 4.55. The van der Waals surface area contributed by atoms with Crippen LogP contribution in [0.4, 0.5) is 0 Å². The van der Waals surface area contributed by atoms with Crippen LogP contribution >= 0.6 is 0 Å². The van der Waals surface area contributed by atoms with Crippen LogP contribution < -0.4 is 5.32 Å². The van der Waals surface area contributed by atoms with Crippen LogP contribution in [0.5, 0.6) is 0 Å². The van der Waals surface area contributed by atoms with Crippen LogP contribution in [-0.4, -0.2) is 17.0 Å². The Morgan fingerprint density at radius 1 is 1.33 bits per heavy atom. The summed E-state index contributed by atoms with van der Waals surface area (Å²) in [6, 6.07) is 0. The summed E-state index contributed by atoms with van der Waals surface area (Å²) in [5, 5.41) is 3.21. The highest BCUT2D eigenvalue weighted by molar-refractivity contribution is 5.19. The molecule has 1 aliphatic carbocycles. The topological polar surface area (TPSA) is 40.7 Å². The number of hydrogen-bond donors (Lipinski definition) is 2. The normalized spacial score (nSPS) is 18.3. The molecule has 0 amide bonds. The van der Waals surface area contributed by atoms with Gasteiger partial charge in [-0.1, -0.05) is 19.3 Å². The quantitative estimate of drug-likeness (QED) is 0.799. The van der Waals surface area contributed by atoms with E-state index in [1.54, 1.807) is 0 Å². The summed E-state index contributed by atoms with van der Waals surface area (Å²) in [4.78, 5) is 8.03. The Hall–Kier alpha value is -0.830. The molecule has 1 saturated carbocycles. The number of aryl methyl sites for hydroxylation is 1. The fraction of sp³-hybridized carbons (Fsp3) is 0.750. The van der Waals surface area contributed by atoms with Gasteiger partial charge in [0.2, 0.25) is 0 Å². The Balaban J connectivity index is 2.17. The van der Waals surface area contributed by atoms with Crippen molar-refractivity contribution < 1.29 is 0 Å². The number of H-pyrrole nitrogens is 1. The van der Waals surface area contributed by atoms with Crippen molar-refractivity contribution in [2.24, 2.45) is 0 Å². The van der Waals surface area contributed by atoms with Gasteiger partial charge in [-0.3, -0.25) is 0 Å². The molecule has 1 aromatic rings. The molecular formula is C12H21N3. The van der Waals surface area contributed by atoms with Crippen LogP contribution in [0, 0.1) is 6.92 Å². The Kier molecular flexibility index (Phi) is 3.41. The zero-order chi connectivity index (χ0) is 10.7. The van der Waals surface area contributed by atoms with Crippen molar-refractivity contribution in [2.75, 3.05) is 7.05 Å². The molecule has 2 N–H and O–H groups in total. The number of aromatic amines is 1. The first-order valence-corrected chi connectivity index (χ1v) is 6.01. The van der Waals surface area contributed by atoms with E-state index in [9.17, 15) is 0 Å². The Bertz CT molecular complexity index is 311. The molecule has 15 heavy (non-hydrogen) atoms. The standard InChI is InChI=1S/C12H21N3/c1-9-14-11(8-13-2)12(15-9)10-6-4-3-5-7-10/h10,13H,3-8H2,1-2H3,(H,14,15). The summed E-state index contributed by atoms with van der Waals surface area (Å²) >= 11 is 0. The summed E-state index contributed by atoms with van der Waals surface area (Å²) in [5.41, 5.74) is 2.61. The van der Waals surface area contributed by atoms with Gasteiger partial charge in [0, 0.05) is 12.5 Å². The first kappa shape index (κ1) is 10.7. The first-order valence-electron chi connectivity index (χ1n) is 6.01. The van der Waals surface area contributed by atoms with Crippen molar-refractivity contribution in [2.45, 2.75) is 51.5 Å². The summed E-state index contributed by atoms with van der Waals surface area (Å²) in [7, 11) is 1.99. The minimum Gasteiger partial charge on any atom is -0.345 e. The van der Waals surface area contributed by atoms with Crippen LogP contribution in [-0.2, 0) is 6.54 Å². The zero-order valence-corrected chi connectivity index (χ0v) is 9.77. The highest BCUT2D eigenvalue weighted by Crippen LogP contribution is 2.33. The van der Waals surface area contributed by atoms with E-state index in [2.05, 4.69) is 15.3 Å². The Morgan fingerprint density at radius 2 is 2.07 bits per heavy atom. The molecule has 3 nitrogen and oxygen atoms in total. The van der Waals surface area contributed by atoms with E-state index in [1.807, 2.05) is 14.0 Å². The van der Waals surface area contributed by atoms with Gasteiger partial charge in [-0.25, -0.2) is 4.98 Å². The van der Waals surface area contributed by atoms with E-state index in [0.717, 1.165) is 12.4 Å². The zero-order valence-electron chi connectivity index (χ0n) is 9.77. The molecule has 1 aliphatic rings. The molecule has 84 valence electrons. The van der Waals surface area contributed by atoms with E-state index >= 15 is 0 Å². The highest BCUT2D eigenvalue weighted by atomic mass is 15.0. The maximum absolute atomic E-state index is 4.66. The van der Waals surface area contributed by atoms with Gasteiger partial charge in [0.25, 0.3) is 0 Å². The number of hydrogen-bond acceptors (Lipinski definition) is 2. The van der Waals surface area contributed by atoms with E-state index in [1.165, 1.54) is 43.5 Å². The maximum Gasteiger partial charge on any atom is 0.103 e. The largest absolute Gasteiger partial charge is 0.345 e. The lowest BCUT2D eigenvalue weighted by Gasteiger charge is -2.20. The lowest BCUT2D eigenvalue weighted by molar-refractivity contribution is 0.434. The molecule has 2 rings (SSSR count). The lowest BCUT2D eigenvalue weighted by Crippen LogP contribution is -2.12. The van der Waals surface area contributed by atoms with Gasteiger partial charge in [0.05, 0.1) is 11.4 Å². The third kappa shape index (κ3) is 2.40. The molecule has 0 radical (unpaired) electrons. The number of nitrogens with one attached hydrogen (secondary N) is 2. The molecule has 0 bridgehead atoms. The molecule has 0 atom stereocenters. The second kappa shape index (κ2) is 4.79. The minimum atomic E-state index is 0.701. The van der Waals surface area contributed by atoms with Crippen molar-refractivity contribution >= 4 is 0 Å². The van der Waals surface area contributed by atoms with Crippen LogP contribution in [0.15, 0.2) is 0 Å². The third-order valence-electron chi connectivity index (χ3n) is 3.27. The molecule has 0 aromatic carbocycles. The average molecular weight is 207 g/mol. The smallest absolute Gasteiger partial charge is 0.103 e. The van der Waals surface area contributed by atoms with E-state index in [4.69, 9.17) is 0 Å². The number of nitrogens with zero attached hydrogens (tertiary/aromatic N) is 1. The molecule has 0 unspecified atom stereocenters. The second-order valence-corrected chi connectivity index (χ2v) is 4.55. The van der Waals surface area contributed by atoms with Gasteiger partial charge in [0.15, 0.2) is 0 Å². The van der Waals surface area contributed by atoms with Crippen molar-refractivity contribution in [3.63, 3.8) is 0 Å². The van der Waals surface area contributed by atoms with Gasteiger partial charge in [-0.15, -0.1) is 0 Å². The predicted molar refractivity (Wildman–Crippen MR) is 61.9 cm³/mol. The number of imidazole rings is 1. The molecular weight excluding hydrogens is 186 g/mol. The minimum absolute atomic E-state index is 0.701. The van der Waals surface area contributed by atoms with E-state index in [-0.39, 0.29) is 0 Å². The molecule has 1 aromatic heterocycles. The molecule has 0 spiro atoms. The van der Waals surface area contributed by atoms with Gasteiger partial charge >= 0.3 is 0 Å². The fourth-order valence-corrected chi connectivity index (χ4v) is 2.58. The first-order chi connectivity index (χ1) is 7.31. The Labute approximate surface area is 91.7 Å². The Morgan fingerprint density at radius 3 is 2.73 bits per heavy atom. The fourth-order valence-electron chi connectivity index (χ4n) is 2.58. The molecule has 1 fully saturated rings. The SMILES string of the molecule is CNCc1[nH]c(C)nc1C1CCCCC1. The van der Waals surface area contributed by atoms with Crippen molar-refractivity contribution in [1.29, 1.82) is 0 Å². The van der Waals surface area contributed by atoms with Crippen LogP contribution in [0.2, 0.25) is 0 Å². The predicted octanol–water partition coefficient (Wildman–Crippen LogP) is 2.49. The average Bonchev–Trinajstić information content (AvgIpc) is 2.62. The summed E-state index contributed by atoms with van der Waals surface area (Å²) in [6.07, 6.45) is 6.79. The molecule has 1 heterocycles. The third-order valence-corrected chi connectivity index (χ3v) is 3.27. The van der Waals surface area contributed by atoms with Gasteiger partial charge < -0.3 is 10.3 Å². The summed E-state index contributed by atoms with van der Waals surface area (Å²) < 4.78 is 0. The lowest BCUT2D eigenvalue weighted by atomic mass is 9.86. The number of aromatic nitrogens is 2. The molecule has 0 aliphatic heterocycles. The van der Waals surface area contributed by atoms with Gasteiger partial charge in [0.1, 0.15) is 5.82 Å². The summed E-state index contributed by atoms with van der Waals surface area (Å²) in [5.74, 6) is 1.76. The van der Waals surface area contributed by atoms with Crippen molar-refractivity contribution in [3.8, 4) is 0 Å². The van der Waals surface area contributed by atoms with Crippen LogP contribution in [0.25, 0.3) is 0 Å². The highest BCUT2D eigenvalue weighted by Gasteiger charge is 2.21. The monoisotopic (exact) mass is 207 g/mol. The van der Waals surface area contributed by atoms with Crippen molar-refractivity contribution in [1.82, 2.24) is 15.3 Å². The van der Waals surface area contributed by atoms with Crippen molar-refractivity contribution in [3.05, 3.63) is 17.2 Å². The molecule has 0 saturated heterocycles. The number of rotatable bonds is 3. The van der Waals surface area contributed by atoms with E-state index in [0.29, 0.717) is 5.92 Å². The van der Waals surface area contributed by atoms with Gasteiger partial charge in [-0.05, 0) is 26.8 Å².